The fourth-order valence-electron chi connectivity index (χ4n) is 3.32. The number of para-hydroxylation sites is 1. The molecule has 0 aliphatic carbocycles. The summed E-state index contributed by atoms with van der Waals surface area (Å²) in [6, 6.07) is 10.6. The van der Waals surface area contributed by atoms with Gasteiger partial charge in [0.05, 0.1) is 0 Å². The zero-order valence-corrected chi connectivity index (χ0v) is 16.3. The molecule has 1 aromatic carbocycles. The zero-order valence-electron chi connectivity index (χ0n) is 15.3. The molecule has 3 rings (SSSR count). The summed E-state index contributed by atoms with van der Waals surface area (Å²) >= 11 is 0. The molecule has 0 atom stereocenters. The highest BCUT2D eigenvalue weighted by Crippen LogP contribution is 2.24. The smallest absolute Gasteiger partial charge is 0.324 e. The summed E-state index contributed by atoms with van der Waals surface area (Å²) in [6.45, 7) is 8.44. The number of hydrogen-bond donors (Lipinski definition) is 1. The summed E-state index contributed by atoms with van der Waals surface area (Å²) in [6.07, 6.45) is 5.06. The fraction of sp³-hybridized carbons (Fsp3) is 0.533. The number of unbranched alkanes of at least 4 members (excludes halogenated alkanes) is 3. The molecule has 2 radical (unpaired) electrons. The van der Waals surface area contributed by atoms with E-state index in [4.69, 9.17) is 0 Å². The summed E-state index contributed by atoms with van der Waals surface area (Å²) in [5.41, 5.74) is 1.23. The summed E-state index contributed by atoms with van der Waals surface area (Å²) in [5, 5.41) is 14.8. The normalized spacial score (nSPS) is 16.0. The van der Waals surface area contributed by atoms with Gasteiger partial charge < -0.3 is 13.7 Å². The van der Waals surface area contributed by atoms with Gasteiger partial charge in [0.2, 0.25) is 5.95 Å². The van der Waals surface area contributed by atoms with E-state index in [0.717, 1.165) is 6.54 Å². The molecule has 0 amide bonds. The first-order valence-corrected chi connectivity index (χ1v) is 10.0. The van der Waals surface area contributed by atoms with Gasteiger partial charge in [-0.05, 0) is 30.3 Å². The summed E-state index contributed by atoms with van der Waals surface area (Å²) in [4.78, 5) is 0. The number of nitrogens with one attached hydrogen (secondary N) is 1. The predicted molar refractivity (Wildman–Crippen MR) is 105 cm³/mol. The van der Waals surface area contributed by atoms with Crippen LogP contribution < -0.4 is 8.95 Å². The van der Waals surface area contributed by atoms with Gasteiger partial charge in [-0.15, -0.1) is 5.10 Å². The number of rotatable bonds is 7. The van der Waals surface area contributed by atoms with Crippen LogP contribution in [0.1, 0.15) is 32.6 Å². The van der Waals surface area contributed by atoms with E-state index >= 15 is 0 Å². The van der Waals surface area contributed by atoms with Crippen molar-refractivity contribution < 1.29 is 0 Å². The van der Waals surface area contributed by atoms with Crippen molar-refractivity contribution in [1.29, 1.82) is 0 Å². The Labute approximate surface area is 153 Å². The lowest BCUT2D eigenvalue weighted by Crippen LogP contribution is -2.72. The Morgan fingerprint density at radius 1 is 1.04 bits per heavy atom. The van der Waals surface area contributed by atoms with Crippen molar-refractivity contribution in [2.45, 2.75) is 46.3 Å². The van der Waals surface area contributed by atoms with Crippen molar-refractivity contribution in [2.24, 2.45) is 0 Å². The number of aromatic amines is 1. The molecule has 1 aliphatic heterocycles. The van der Waals surface area contributed by atoms with Crippen LogP contribution in [0.25, 0.3) is 0 Å². The van der Waals surface area contributed by atoms with Gasteiger partial charge >= 0.3 is 23.8 Å². The second kappa shape index (κ2) is 8.53. The summed E-state index contributed by atoms with van der Waals surface area (Å²) < 4.78 is 7.20. The van der Waals surface area contributed by atoms with Crippen molar-refractivity contribution in [3.8, 4) is 0 Å². The standard InChI is InChI=1S/C15H25B2N7Si/c1-4-5-6-10-13-22-16(2)23(14-11-8-7-9-12-14)25-24(17(22)3)15-18-20-21-19-15/h7-9,11-12H,4-6,10,13H2,1-3H3,(H,18,19,20,21). The molecular formula is C15H25B2N7Si. The molecular weight excluding hydrogens is 328 g/mol. The van der Waals surface area contributed by atoms with Crippen LogP contribution in [0.5, 0.6) is 0 Å². The molecule has 1 fully saturated rings. The minimum Gasteiger partial charge on any atom is -0.413 e. The SMILES string of the molecule is CCCCCCN1B(C)N(c2ccccc2)[Si]N(c2nn[nH]n2)B1C. The second-order valence-corrected chi connectivity index (χ2v) is 7.61. The Kier molecular flexibility index (Phi) is 6.14. The number of hydrogen-bond acceptors (Lipinski definition) is 6. The van der Waals surface area contributed by atoms with Gasteiger partial charge in [0.25, 0.3) is 0 Å². The molecule has 0 bridgehead atoms. The van der Waals surface area contributed by atoms with E-state index in [0.29, 0.717) is 22.8 Å². The van der Waals surface area contributed by atoms with E-state index in [1.807, 2.05) is 0 Å². The molecule has 1 saturated heterocycles. The molecule has 130 valence electrons. The van der Waals surface area contributed by atoms with Crippen molar-refractivity contribution in [2.75, 3.05) is 15.5 Å². The predicted octanol–water partition coefficient (Wildman–Crippen LogP) is 2.18. The van der Waals surface area contributed by atoms with Gasteiger partial charge in [0, 0.05) is 5.69 Å². The molecule has 1 aliphatic rings. The van der Waals surface area contributed by atoms with Gasteiger partial charge in [0.15, 0.2) is 0 Å². The number of H-pyrrole nitrogens is 1. The molecule has 7 nitrogen and oxygen atoms in total. The maximum absolute atomic E-state index is 4.22. The molecule has 1 N–H and O–H groups in total. The van der Waals surface area contributed by atoms with Crippen LogP contribution in [0.4, 0.5) is 11.6 Å². The summed E-state index contributed by atoms with van der Waals surface area (Å²) in [5.74, 6) is 0.664. The van der Waals surface area contributed by atoms with Gasteiger partial charge in [-0.1, -0.05) is 63.1 Å². The van der Waals surface area contributed by atoms with Gasteiger partial charge in [-0.25, -0.2) is 0 Å². The van der Waals surface area contributed by atoms with Crippen LogP contribution in [0.3, 0.4) is 0 Å². The average molecular weight is 353 g/mol. The van der Waals surface area contributed by atoms with E-state index in [9.17, 15) is 0 Å². The first kappa shape index (κ1) is 18.0. The van der Waals surface area contributed by atoms with Crippen LogP contribution in [0, 0.1) is 0 Å². The monoisotopic (exact) mass is 353 g/mol. The zero-order chi connectivity index (χ0) is 17.6. The Morgan fingerprint density at radius 3 is 2.48 bits per heavy atom. The Hall–Kier alpha value is -1.80. The van der Waals surface area contributed by atoms with E-state index in [2.05, 4.69) is 85.2 Å². The first-order valence-electron chi connectivity index (χ1n) is 9.11. The lowest BCUT2D eigenvalue weighted by atomic mass is 9.61. The van der Waals surface area contributed by atoms with Crippen LogP contribution in [-0.4, -0.2) is 55.7 Å². The van der Waals surface area contributed by atoms with Crippen LogP contribution in [0.2, 0.25) is 13.6 Å². The number of anilines is 2. The van der Waals surface area contributed by atoms with E-state index in [-0.39, 0.29) is 6.98 Å². The van der Waals surface area contributed by atoms with Crippen molar-refractivity contribution in [1.82, 2.24) is 25.3 Å². The van der Waals surface area contributed by atoms with Gasteiger partial charge in [-0.2, -0.15) is 5.21 Å². The van der Waals surface area contributed by atoms with E-state index in [1.54, 1.807) is 0 Å². The lowest BCUT2D eigenvalue weighted by molar-refractivity contribution is 0.558. The minimum atomic E-state index is 0.243. The highest BCUT2D eigenvalue weighted by molar-refractivity contribution is 6.92. The highest BCUT2D eigenvalue weighted by Gasteiger charge is 2.43. The third kappa shape index (κ3) is 4.06. The van der Waals surface area contributed by atoms with Crippen LogP contribution >= 0.6 is 0 Å². The molecule has 0 spiro atoms. The minimum absolute atomic E-state index is 0.243. The van der Waals surface area contributed by atoms with Crippen LogP contribution in [-0.2, 0) is 0 Å². The van der Waals surface area contributed by atoms with Gasteiger partial charge in [0.1, 0.15) is 0 Å². The molecule has 25 heavy (non-hydrogen) atoms. The summed E-state index contributed by atoms with van der Waals surface area (Å²) in [7, 11) is 0.448. The third-order valence-corrected chi connectivity index (χ3v) is 6.41. The topological polar surface area (TPSA) is 64.2 Å². The lowest BCUT2D eigenvalue weighted by Gasteiger charge is -2.48. The maximum Gasteiger partial charge on any atom is 0.324 e. The fourth-order valence-corrected chi connectivity index (χ4v) is 4.63. The van der Waals surface area contributed by atoms with E-state index in [1.165, 1.54) is 31.4 Å². The number of aromatic nitrogens is 4. The Bertz CT molecular complexity index is 630. The van der Waals surface area contributed by atoms with E-state index < -0.39 is 0 Å². The number of tetrazole rings is 1. The first-order chi connectivity index (χ1) is 12.2. The Balaban J connectivity index is 1.81. The second-order valence-electron chi connectivity index (χ2n) is 6.45. The van der Waals surface area contributed by atoms with Crippen molar-refractivity contribution in [3.63, 3.8) is 0 Å². The highest BCUT2D eigenvalue weighted by atomic mass is 28.2. The Morgan fingerprint density at radius 2 is 1.80 bits per heavy atom. The van der Waals surface area contributed by atoms with Crippen molar-refractivity contribution in [3.05, 3.63) is 30.3 Å². The molecule has 2 heterocycles. The van der Waals surface area contributed by atoms with Crippen LogP contribution in [0.15, 0.2) is 30.3 Å². The van der Waals surface area contributed by atoms with Crippen molar-refractivity contribution >= 4 is 35.4 Å². The quantitative estimate of drug-likeness (QED) is 0.608. The molecule has 0 unspecified atom stereocenters. The molecule has 2 aromatic rings. The maximum atomic E-state index is 4.22. The van der Waals surface area contributed by atoms with Gasteiger partial charge in [-0.3, -0.25) is 0 Å². The third-order valence-electron chi connectivity index (χ3n) is 4.78. The largest absolute Gasteiger partial charge is 0.413 e. The molecule has 1 aromatic heterocycles. The molecule has 10 heteroatoms. The number of benzene rings is 1. The number of nitrogens with zero attached hydrogens (tertiary/aromatic N) is 6. The average Bonchev–Trinajstić information content (AvgIpc) is 3.16. The molecule has 0 saturated carbocycles.